The molecule has 4 aromatic rings. The summed E-state index contributed by atoms with van der Waals surface area (Å²) in [5, 5.41) is 16.0. The van der Waals surface area contributed by atoms with Crippen LogP contribution in [0, 0.1) is 6.92 Å². The standard InChI is InChI=1S/C26H21BrN2O3/c1-17-6-8-18(9-7-17)16-32-25-11-10-22(27)12-21(25)15-28-29-26(31)23-13-19-4-2-3-5-20(19)14-24(23)30/h2-15,30H,16H2,1H3,(H,29,31). The number of phenols is 1. The third-order valence-electron chi connectivity index (χ3n) is 4.97. The largest absolute Gasteiger partial charge is 0.507 e. The monoisotopic (exact) mass is 488 g/mol. The summed E-state index contributed by atoms with van der Waals surface area (Å²) in [7, 11) is 0. The van der Waals surface area contributed by atoms with Gasteiger partial charge in [-0.2, -0.15) is 5.10 Å². The van der Waals surface area contributed by atoms with Gasteiger partial charge in [0.25, 0.3) is 5.91 Å². The summed E-state index contributed by atoms with van der Waals surface area (Å²) in [4.78, 5) is 12.6. The molecule has 0 atom stereocenters. The number of ether oxygens (including phenoxy) is 1. The molecule has 2 N–H and O–H groups in total. The van der Waals surface area contributed by atoms with Crippen molar-refractivity contribution in [1.82, 2.24) is 5.43 Å². The number of hydrogen-bond donors (Lipinski definition) is 2. The van der Waals surface area contributed by atoms with Crippen molar-refractivity contribution in [3.05, 3.63) is 106 Å². The Bertz CT molecular complexity index is 1300. The minimum atomic E-state index is -0.498. The molecule has 0 radical (unpaired) electrons. The zero-order valence-corrected chi connectivity index (χ0v) is 19.0. The Balaban J connectivity index is 1.48. The molecule has 0 heterocycles. The Hall–Kier alpha value is -3.64. The predicted molar refractivity (Wildman–Crippen MR) is 130 cm³/mol. The number of fused-ring (bicyclic) bond motifs is 1. The second-order valence-electron chi connectivity index (χ2n) is 7.37. The first kappa shape index (κ1) is 21.6. The molecule has 4 rings (SSSR count). The molecule has 5 nitrogen and oxygen atoms in total. The van der Waals surface area contributed by atoms with Crippen molar-refractivity contribution in [3.8, 4) is 11.5 Å². The van der Waals surface area contributed by atoms with Crippen molar-refractivity contribution in [1.29, 1.82) is 0 Å². The summed E-state index contributed by atoms with van der Waals surface area (Å²) in [5.41, 5.74) is 5.59. The molecule has 0 aliphatic rings. The highest BCUT2D eigenvalue weighted by molar-refractivity contribution is 9.10. The van der Waals surface area contributed by atoms with E-state index in [2.05, 4.69) is 26.5 Å². The molecule has 0 fully saturated rings. The molecule has 0 saturated heterocycles. The Labute approximate surface area is 194 Å². The number of aryl methyl sites for hydroxylation is 1. The zero-order chi connectivity index (χ0) is 22.5. The van der Waals surface area contributed by atoms with Crippen molar-refractivity contribution in [2.75, 3.05) is 0 Å². The lowest BCUT2D eigenvalue weighted by Crippen LogP contribution is -2.17. The maximum atomic E-state index is 12.6. The quantitative estimate of drug-likeness (QED) is 0.259. The fourth-order valence-corrected chi connectivity index (χ4v) is 3.61. The summed E-state index contributed by atoms with van der Waals surface area (Å²) >= 11 is 3.45. The number of nitrogens with zero attached hydrogens (tertiary/aromatic N) is 1. The Morgan fingerprint density at radius 3 is 2.50 bits per heavy atom. The van der Waals surface area contributed by atoms with E-state index >= 15 is 0 Å². The van der Waals surface area contributed by atoms with Crippen LogP contribution in [0.4, 0.5) is 0 Å². The van der Waals surface area contributed by atoms with Crippen LogP contribution in [-0.2, 0) is 6.61 Å². The number of carbonyl (C=O) groups is 1. The van der Waals surface area contributed by atoms with E-state index in [1.165, 1.54) is 11.8 Å². The van der Waals surface area contributed by atoms with Gasteiger partial charge in [0.1, 0.15) is 18.1 Å². The van der Waals surface area contributed by atoms with Crippen molar-refractivity contribution in [3.63, 3.8) is 0 Å². The zero-order valence-electron chi connectivity index (χ0n) is 17.4. The number of benzene rings is 4. The molecule has 0 aliphatic carbocycles. The Kier molecular flexibility index (Phi) is 6.52. The molecule has 4 aromatic carbocycles. The van der Waals surface area contributed by atoms with E-state index in [0.29, 0.717) is 17.9 Å². The molecule has 160 valence electrons. The van der Waals surface area contributed by atoms with Gasteiger partial charge < -0.3 is 9.84 Å². The average Bonchev–Trinajstić information content (AvgIpc) is 2.79. The first-order valence-electron chi connectivity index (χ1n) is 10.0. The Morgan fingerprint density at radius 2 is 1.75 bits per heavy atom. The van der Waals surface area contributed by atoms with Crippen molar-refractivity contribution in [2.45, 2.75) is 13.5 Å². The second-order valence-corrected chi connectivity index (χ2v) is 8.29. The van der Waals surface area contributed by atoms with E-state index in [1.807, 2.05) is 73.7 Å². The van der Waals surface area contributed by atoms with Crippen LogP contribution in [0.3, 0.4) is 0 Å². The van der Waals surface area contributed by atoms with Crippen LogP contribution in [0.2, 0.25) is 0 Å². The SMILES string of the molecule is Cc1ccc(COc2ccc(Br)cc2C=NNC(=O)c2cc3ccccc3cc2O)cc1. The number of amides is 1. The highest BCUT2D eigenvalue weighted by atomic mass is 79.9. The van der Waals surface area contributed by atoms with E-state index < -0.39 is 5.91 Å². The fourth-order valence-electron chi connectivity index (χ4n) is 3.23. The topological polar surface area (TPSA) is 70.9 Å². The number of phenolic OH excluding ortho intramolecular Hbond substituents is 1. The van der Waals surface area contributed by atoms with Crippen LogP contribution in [0.5, 0.6) is 11.5 Å². The van der Waals surface area contributed by atoms with Gasteiger partial charge >= 0.3 is 0 Å². The number of hydrogen-bond acceptors (Lipinski definition) is 4. The van der Waals surface area contributed by atoms with Crippen molar-refractivity contribution >= 4 is 38.8 Å². The van der Waals surface area contributed by atoms with Crippen LogP contribution in [0.25, 0.3) is 10.8 Å². The molecule has 32 heavy (non-hydrogen) atoms. The minimum Gasteiger partial charge on any atom is -0.507 e. The Morgan fingerprint density at radius 1 is 1.03 bits per heavy atom. The van der Waals surface area contributed by atoms with Gasteiger partial charge in [0.05, 0.1) is 11.8 Å². The smallest absolute Gasteiger partial charge is 0.275 e. The average molecular weight is 489 g/mol. The predicted octanol–water partition coefficient (Wildman–Crippen LogP) is 5.96. The molecular formula is C26H21BrN2O3. The van der Waals surface area contributed by atoms with E-state index in [-0.39, 0.29) is 11.3 Å². The summed E-state index contributed by atoms with van der Waals surface area (Å²) in [5.74, 6) is 0.0444. The van der Waals surface area contributed by atoms with E-state index in [1.54, 1.807) is 12.1 Å². The van der Waals surface area contributed by atoms with E-state index in [9.17, 15) is 9.90 Å². The summed E-state index contributed by atoms with van der Waals surface area (Å²) in [6.45, 7) is 2.46. The first-order chi connectivity index (χ1) is 15.5. The number of nitrogens with one attached hydrogen (secondary N) is 1. The summed E-state index contributed by atoms with van der Waals surface area (Å²) in [6, 6.07) is 24.4. The molecule has 0 aromatic heterocycles. The van der Waals surface area contributed by atoms with Gasteiger partial charge in [-0.05, 0) is 53.6 Å². The second kappa shape index (κ2) is 9.66. The summed E-state index contributed by atoms with van der Waals surface area (Å²) in [6.07, 6.45) is 1.52. The molecule has 0 spiro atoms. The highest BCUT2D eigenvalue weighted by Crippen LogP contribution is 2.25. The molecule has 0 bridgehead atoms. The lowest BCUT2D eigenvalue weighted by Gasteiger charge is -2.10. The van der Waals surface area contributed by atoms with Gasteiger partial charge in [0.15, 0.2) is 0 Å². The maximum Gasteiger partial charge on any atom is 0.275 e. The van der Waals surface area contributed by atoms with Crippen LogP contribution in [0.15, 0.2) is 88.4 Å². The van der Waals surface area contributed by atoms with Gasteiger partial charge in [0, 0.05) is 10.0 Å². The van der Waals surface area contributed by atoms with Gasteiger partial charge in [-0.1, -0.05) is 70.0 Å². The lowest BCUT2D eigenvalue weighted by molar-refractivity contribution is 0.0952. The number of carbonyl (C=O) groups excluding carboxylic acids is 1. The number of aromatic hydroxyl groups is 1. The number of halogens is 1. The molecule has 6 heteroatoms. The van der Waals surface area contributed by atoms with E-state index in [0.717, 1.165) is 20.8 Å². The first-order valence-corrected chi connectivity index (χ1v) is 10.8. The van der Waals surface area contributed by atoms with Crippen LogP contribution < -0.4 is 10.2 Å². The van der Waals surface area contributed by atoms with Gasteiger partial charge in [-0.25, -0.2) is 5.43 Å². The summed E-state index contributed by atoms with van der Waals surface area (Å²) < 4.78 is 6.82. The van der Waals surface area contributed by atoms with Gasteiger partial charge in [-0.15, -0.1) is 0 Å². The molecular weight excluding hydrogens is 468 g/mol. The lowest BCUT2D eigenvalue weighted by atomic mass is 10.1. The third-order valence-corrected chi connectivity index (χ3v) is 5.46. The molecule has 1 amide bonds. The van der Waals surface area contributed by atoms with Gasteiger partial charge in [-0.3, -0.25) is 4.79 Å². The number of rotatable bonds is 6. The maximum absolute atomic E-state index is 12.6. The van der Waals surface area contributed by atoms with Crippen molar-refractivity contribution in [2.24, 2.45) is 5.10 Å². The number of hydrazone groups is 1. The third kappa shape index (κ3) is 5.15. The van der Waals surface area contributed by atoms with Crippen LogP contribution in [0.1, 0.15) is 27.0 Å². The molecule has 0 saturated carbocycles. The van der Waals surface area contributed by atoms with Crippen LogP contribution >= 0.6 is 15.9 Å². The van der Waals surface area contributed by atoms with Crippen LogP contribution in [-0.4, -0.2) is 17.2 Å². The fraction of sp³-hybridized carbons (Fsp3) is 0.0769. The van der Waals surface area contributed by atoms with Crippen molar-refractivity contribution < 1.29 is 14.6 Å². The normalized spacial score (nSPS) is 11.1. The minimum absolute atomic E-state index is 0.0963. The highest BCUT2D eigenvalue weighted by Gasteiger charge is 2.12. The van der Waals surface area contributed by atoms with Gasteiger partial charge in [0.2, 0.25) is 0 Å². The molecule has 0 unspecified atom stereocenters. The molecule has 0 aliphatic heterocycles. The van der Waals surface area contributed by atoms with E-state index in [4.69, 9.17) is 4.74 Å².